The van der Waals surface area contributed by atoms with Gasteiger partial charge in [-0.1, -0.05) is 37.3 Å². The molecule has 1 aromatic carbocycles. The first-order valence-corrected chi connectivity index (χ1v) is 6.50. The van der Waals surface area contributed by atoms with Crippen molar-refractivity contribution in [3.8, 4) is 0 Å². The lowest BCUT2D eigenvalue weighted by Crippen LogP contribution is -2.23. The van der Waals surface area contributed by atoms with Gasteiger partial charge in [-0.3, -0.25) is 0 Å². The number of rotatable bonds is 5. The highest BCUT2D eigenvalue weighted by molar-refractivity contribution is 7.07. The van der Waals surface area contributed by atoms with Crippen LogP contribution in [0.25, 0.3) is 0 Å². The van der Waals surface area contributed by atoms with Crippen molar-refractivity contribution in [1.82, 2.24) is 10.3 Å². The van der Waals surface area contributed by atoms with Crippen molar-refractivity contribution >= 4 is 11.3 Å². The first-order chi connectivity index (χ1) is 7.90. The molecule has 1 atom stereocenters. The monoisotopic (exact) mass is 232 g/mol. The Kier molecular flexibility index (Phi) is 4.08. The summed E-state index contributed by atoms with van der Waals surface area (Å²) < 4.78 is 0. The molecule has 2 rings (SSSR count). The minimum atomic E-state index is 0.332. The SMILES string of the molecule is CCNC(Cc1ccccc1)c1cscn1. The maximum Gasteiger partial charge on any atom is 0.0795 e. The van der Waals surface area contributed by atoms with E-state index in [0.29, 0.717) is 6.04 Å². The summed E-state index contributed by atoms with van der Waals surface area (Å²) >= 11 is 1.65. The Bertz CT molecular complexity index is 397. The Morgan fingerprint density at radius 3 is 2.75 bits per heavy atom. The summed E-state index contributed by atoms with van der Waals surface area (Å²) in [5.41, 5.74) is 4.39. The lowest BCUT2D eigenvalue weighted by atomic mass is 10.0. The molecule has 3 heteroatoms. The minimum absolute atomic E-state index is 0.332. The molecule has 0 saturated heterocycles. The van der Waals surface area contributed by atoms with E-state index < -0.39 is 0 Å². The zero-order valence-corrected chi connectivity index (χ0v) is 10.2. The summed E-state index contributed by atoms with van der Waals surface area (Å²) in [5, 5.41) is 5.60. The van der Waals surface area contributed by atoms with Crippen molar-refractivity contribution in [1.29, 1.82) is 0 Å². The van der Waals surface area contributed by atoms with Gasteiger partial charge in [-0.25, -0.2) is 4.98 Å². The van der Waals surface area contributed by atoms with Gasteiger partial charge in [0.25, 0.3) is 0 Å². The quantitative estimate of drug-likeness (QED) is 0.857. The van der Waals surface area contributed by atoms with E-state index in [1.165, 1.54) is 5.56 Å². The average Bonchev–Trinajstić information content (AvgIpc) is 2.83. The molecule has 16 heavy (non-hydrogen) atoms. The molecule has 2 nitrogen and oxygen atoms in total. The van der Waals surface area contributed by atoms with Gasteiger partial charge in [-0.2, -0.15) is 0 Å². The van der Waals surface area contributed by atoms with Crippen LogP contribution in [-0.2, 0) is 6.42 Å². The van der Waals surface area contributed by atoms with Gasteiger partial charge in [-0.15, -0.1) is 11.3 Å². The molecule has 0 bridgehead atoms. The number of thiazole rings is 1. The molecule has 1 heterocycles. The van der Waals surface area contributed by atoms with Crippen LogP contribution in [0.3, 0.4) is 0 Å². The Labute approximate surface area is 100 Å². The normalized spacial score (nSPS) is 12.6. The van der Waals surface area contributed by atoms with Gasteiger partial charge in [0.2, 0.25) is 0 Å². The van der Waals surface area contributed by atoms with Crippen molar-refractivity contribution in [2.45, 2.75) is 19.4 Å². The summed E-state index contributed by atoms with van der Waals surface area (Å²) in [6.07, 6.45) is 0.998. The number of aromatic nitrogens is 1. The first-order valence-electron chi connectivity index (χ1n) is 5.55. The van der Waals surface area contributed by atoms with E-state index in [9.17, 15) is 0 Å². The van der Waals surface area contributed by atoms with E-state index in [4.69, 9.17) is 0 Å². The summed E-state index contributed by atoms with van der Waals surface area (Å²) in [6.45, 7) is 3.10. The van der Waals surface area contributed by atoms with E-state index in [-0.39, 0.29) is 0 Å². The number of nitrogens with zero attached hydrogens (tertiary/aromatic N) is 1. The van der Waals surface area contributed by atoms with Crippen molar-refractivity contribution < 1.29 is 0 Å². The highest BCUT2D eigenvalue weighted by Crippen LogP contribution is 2.18. The van der Waals surface area contributed by atoms with Crippen LogP contribution in [0, 0.1) is 0 Å². The summed E-state index contributed by atoms with van der Waals surface area (Å²) in [4.78, 5) is 4.39. The largest absolute Gasteiger partial charge is 0.309 e. The third kappa shape index (κ3) is 2.90. The van der Waals surface area contributed by atoms with E-state index in [0.717, 1.165) is 18.7 Å². The van der Waals surface area contributed by atoms with Crippen molar-refractivity contribution in [3.63, 3.8) is 0 Å². The second-order valence-corrected chi connectivity index (χ2v) is 4.43. The van der Waals surface area contributed by atoms with Crippen LogP contribution in [-0.4, -0.2) is 11.5 Å². The lowest BCUT2D eigenvalue weighted by Gasteiger charge is -2.15. The van der Waals surface area contributed by atoms with Crippen molar-refractivity contribution in [2.75, 3.05) is 6.54 Å². The van der Waals surface area contributed by atoms with Crippen LogP contribution in [0.4, 0.5) is 0 Å². The van der Waals surface area contributed by atoms with Gasteiger partial charge in [0.1, 0.15) is 0 Å². The Morgan fingerprint density at radius 2 is 2.12 bits per heavy atom. The molecular formula is C13H16N2S. The number of hydrogen-bond donors (Lipinski definition) is 1. The van der Waals surface area contributed by atoms with Gasteiger partial charge in [0, 0.05) is 5.38 Å². The maximum absolute atomic E-state index is 4.39. The highest BCUT2D eigenvalue weighted by Gasteiger charge is 2.12. The van der Waals surface area contributed by atoms with Gasteiger partial charge < -0.3 is 5.32 Å². The molecule has 84 valence electrons. The Morgan fingerprint density at radius 1 is 1.31 bits per heavy atom. The minimum Gasteiger partial charge on any atom is -0.309 e. The molecule has 1 aromatic heterocycles. The van der Waals surface area contributed by atoms with E-state index >= 15 is 0 Å². The predicted octanol–water partition coefficient (Wildman–Crippen LogP) is 3.04. The molecule has 0 amide bonds. The van der Waals surface area contributed by atoms with E-state index in [2.05, 4.69) is 52.9 Å². The van der Waals surface area contributed by atoms with Crippen LogP contribution in [0.2, 0.25) is 0 Å². The molecule has 1 unspecified atom stereocenters. The number of benzene rings is 1. The fourth-order valence-electron chi connectivity index (χ4n) is 1.77. The standard InChI is InChI=1S/C13H16N2S/c1-2-14-12(13-9-16-10-15-13)8-11-6-4-3-5-7-11/h3-7,9-10,12,14H,2,8H2,1H3. The first kappa shape index (κ1) is 11.3. The fourth-order valence-corrected chi connectivity index (χ4v) is 2.38. The molecule has 0 spiro atoms. The number of nitrogens with one attached hydrogen (secondary N) is 1. The average molecular weight is 232 g/mol. The molecular weight excluding hydrogens is 216 g/mol. The maximum atomic E-state index is 4.39. The van der Waals surface area contributed by atoms with Gasteiger partial charge in [0.15, 0.2) is 0 Å². The molecule has 1 N–H and O–H groups in total. The predicted molar refractivity (Wildman–Crippen MR) is 68.7 cm³/mol. The zero-order chi connectivity index (χ0) is 11.2. The molecule has 0 aliphatic heterocycles. The van der Waals surface area contributed by atoms with Crippen molar-refractivity contribution in [3.05, 3.63) is 52.5 Å². The molecule has 0 fully saturated rings. The van der Waals surface area contributed by atoms with E-state index in [1.807, 2.05) is 5.51 Å². The third-order valence-corrected chi connectivity index (χ3v) is 3.15. The van der Waals surface area contributed by atoms with Crippen LogP contribution in [0.1, 0.15) is 24.2 Å². The molecule has 0 aliphatic rings. The fraction of sp³-hybridized carbons (Fsp3) is 0.308. The van der Waals surface area contributed by atoms with E-state index in [1.54, 1.807) is 11.3 Å². The van der Waals surface area contributed by atoms with Gasteiger partial charge >= 0.3 is 0 Å². The van der Waals surface area contributed by atoms with Crippen LogP contribution in [0.5, 0.6) is 0 Å². The van der Waals surface area contributed by atoms with Crippen molar-refractivity contribution in [2.24, 2.45) is 0 Å². The third-order valence-electron chi connectivity index (χ3n) is 2.54. The van der Waals surface area contributed by atoms with Crippen LogP contribution < -0.4 is 5.32 Å². The highest BCUT2D eigenvalue weighted by atomic mass is 32.1. The van der Waals surface area contributed by atoms with Crippen LogP contribution in [0.15, 0.2) is 41.2 Å². The zero-order valence-electron chi connectivity index (χ0n) is 9.39. The molecule has 2 aromatic rings. The smallest absolute Gasteiger partial charge is 0.0795 e. The topological polar surface area (TPSA) is 24.9 Å². The number of likely N-dealkylation sites (N-methyl/N-ethyl adjacent to an activating group) is 1. The van der Waals surface area contributed by atoms with Gasteiger partial charge in [-0.05, 0) is 18.5 Å². The second-order valence-electron chi connectivity index (χ2n) is 3.71. The summed E-state index contributed by atoms with van der Waals surface area (Å²) in [6, 6.07) is 10.9. The Hall–Kier alpha value is -1.19. The summed E-state index contributed by atoms with van der Waals surface area (Å²) in [5.74, 6) is 0. The molecule has 0 saturated carbocycles. The second kappa shape index (κ2) is 5.77. The molecule has 0 aliphatic carbocycles. The van der Waals surface area contributed by atoms with Gasteiger partial charge in [0.05, 0.1) is 17.2 Å². The lowest BCUT2D eigenvalue weighted by molar-refractivity contribution is 0.539. The van der Waals surface area contributed by atoms with Crippen LogP contribution >= 0.6 is 11.3 Å². The Balaban J connectivity index is 2.09. The molecule has 0 radical (unpaired) electrons. The number of hydrogen-bond acceptors (Lipinski definition) is 3. The summed E-state index contributed by atoms with van der Waals surface area (Å²) in [7, 11) is 0.